The lowest BCUT2D eigenvalue weighted by atomic mass is 9.63. The van der Waals surface area contributed by atoms with E-state index in [1.54, 1.807) is 11.1 Å². The zero-order valence-corrected chi connectivity index (χ0v) is 19.3. The minimum atomic E-state index is 0.287. The van der Waals surface area contributed by atoms with Crippen LogP contribution in [-0.2, 0) is 10.8 Å². The number of thioether (sulfide) groups is 1. The lowest BCUT2D eigenvalue weighted by Gasteiger charge is -2.42. The Morgan fingerprint density at radius 3 is 2.24 bits per heavy atom. The minimum Gasteiger partial charge on any atom is -0.111 e. The van der Waals surface area contributed by atoms with Crippen molar-refractivity contribution in [3.8, 4) is 0 Å². The number of benzene rings is 1. The molecule has 1 aromatic rings. The van der Waals surface area contributed by atoms with Gasteiger partial charge in [0.05, 0.1) is 0 Å². The van der Waals surface area contributed by atoms with E-state index in [1.165, 1.54) is 27.8 Å². The third kappa shape index (κ3) is 4.63. The molecule has 0 fully saturated rings. The maximum absolute atomic E-state index is 3.61. The second-order valence-electron chi connectivity index (χ2n) is 8.31. The van der Waals surface area contributed by atoms with Gasteiger partial charge in [0.25, 0.3) is 0 Å². The molecule has 1 heterocycles. The van der Waals surface area contributed by atoms with Crippen LogP contribution in [0.25, 0.3) is 6.08 Å². The zero-order valence-electron chi connectivity index (χ0n) is 16.9. The van der Waals surface area contributed by atoms with Crippen LogP contribution in [0.5, 0.6) is 0 Å². The van der Waals surface area contributed by atoms with Crippen molar-refractivity contribution in [3.05, 3.63) is 50.4 Å². The monoisotopic (exact) mass is 420 g/mol. The summed E-state index contributed by atoms with van der Waals surface area (Å²) in [4.78, 5) is 0. The number of allylic oxidation sites excluding steroid dienone is 1. The van der Waals surface area contributed by atoms with Crippen LogP contribution in [0.4, 0.5) is 0 Å². The molecule has 1 atom stereocenters. The molecule has 0 N–H and O–H groups in total. The third-order valence-corrected chi connectivity index (χ3v) is 7.65. The molecule has 1 unspecified atom stereocenters. The predicted octanol–water partition coefficient (Wildman–Crippen LogP) is 8.21. The van der Waals surface area contributed by atoms with Gasteiger partial charge in [0, 0.05) is 9.06 Å². The summed E-state index contributed by atoms with van der Waals surface area (Å²) in [6, 6.07) is 7.14. The van der Waals surface area contributed by atoms with E-state index < -0.39 is 0 Å². The summed E-state index contributed by atoms with van der Waals surface area (Å²) in [5, 5.41) is 0.588. The summed E-state index contributed by atoms with van der Waals surface area (Å²) in [7, 11) is 0. The van der Waals surface area contributed by atoms with E-state index in [1.807, 2.05) is 25.6 Å². The topological polar surface area (TPSA) is 0 Å². The van der Waals surface area contributed by atoms with Gasteiger partial charge < -0.3 is 0 Å². The fourth-order valence-electron chi connectivity index (χ4n) is 3.76. The second-order valence-corrected chi connectivity index (χ2v) is 10.9. The first-order valence-electron chi connectivity index (χ1n) is 9.55. The lowest BCUT2D eigenvalue weighted by molar-refractivity contribution is 0.332. The normalized spacial score (nSPS) is 24.1. The van der Waals surface area contributed by atoms with Gasteiger partial charge in [0.2, 0.25) is 0 Å². The predicted molar refractivity (Wildman–Crippen MR) is 120 cm³/mol. The number of rotatable bonds is 2. The highest BCUT2D eigenvalue weighted by atomic mass is 79.9. The molecule has 1 aliphatic heterocycles. The van der Waals surface area contributed by atoms with Gasteiger partial charge in [-0.1, -0.05) is 77.5 Å². The highest BCUT2D eigenvalue weighted by molar-refractivity contribution is 9.14. The average Bonchev–Trinajstić information content (AvgIpc) is 3.01. The molecular formula is C23H33BrS. The molecule has 138 valence electrons. The zero-order chi connectivity index (χ0) is 18.8. The van der Waals surface area contributed by atoms with Crippen LogP contribution in [0.3, 0.4) is 0 Å². The molecule has 0 amide bonds. The summed E-state index contributed by atoms with van der Waals surface area (Å²) >= 11 is 5.54. The van der Waals surface area contributed by atoms with E-state index in [2.05, 4.69) is 80.9 Å². The lowest BCUT2D eigenvalue weighted by Crippen LogP contribution is -2.33. The largest absolute Gasteiger partial charge is 0.111 e. The maximum Gasteiger partial charge on any atom is 0.0469 e. The van der Waals surface area contributed by atoms with Crippen LogP contribution in [0, 0.1) is 0 Å². The van der Waals surface area contributed by atoms with Crippen molar-refractivity contribution >= 4 is 33.8 Å². The molecule has 2 aliphatic rings. The second kappa shape index (κ2) is 8.05. The number of hydrogen-bond acceptors (Lipinski definition) is 1. The molecule has 0 aromatic heterocycles. The minimum absolute atomic E-state index is 0.287. The first-order chi connectivity index (χ1) is 11.7. The van der Waals surface area contributed by atoms with E-state index >= 15 is 0 Å². The van der Waals surface area contributed by atoms with Crippen LogP contribution in [0.1, 0.15) is 84.4 Å². The summed E-state index contributed by atoms with van der Waals surface area (Å²) in [6.45, 7) is 15.8. The van der Waals surface area contributed by atoms with Crippen molar-refractivity contribution < 1.29 is 0 Å². The first kappa shape index (κ1) is 20.8. The Balaban J connectivity index is 0.00000109. The van der Waals surface area contributed by atoms with E-state index in [-0.39, 0.29) is 5.41 Å². The Bertz CT molecular complexity index is 679. The standard InChI is InChI=1S/C21H27BrS.C2H6/c1-14(18-8-9-19(22)23-18)12-15-6-7-16-17(13-15)21(4,5)11-10-20(16,2)3;1-2/h6-7,9,12-13,18H,8,10-11H2,1-5H3;1-2H3/b14-12-;. The fraction of sp³-hybridized carbons (Fsp3) is 0.565. The van der Waals surface area contributed by atoms with Crippen LogP contribution in [0.2, 0.25) is 0 Å². The Labute approximate surface area is 167 Å². The number of hydrogen-bond donors (Lipinski definition) is 0. The Morgan fingerprint density at radius 2 is 1.68 bits per heavy atom. The van der Waals surface area contributed by atoms with Crippen molar-refractivity contribution in [2.45, 2.75) is 83.8 Å². The van der Waals surface area contributed by atoms with Gasteiger partial charge in [-0.2, -0.15) is 0 Å². The summed E-state index contributed by atoms with van der Waals surface area (Å²) in [5.74, 6) is 0. The van der Waals surface area contributed by atoms with Gasteiger partial charge in [-0.05, 0) is 69.6 Å². The number of fused-ring (bicyclic) bond motifs is 1. The van der Waals surface area contributed by atoms with Gasteiger partial charge in [-0.25, -0.2) is 0 Å². The van der Waals surface area contributed by atoms with Gasteiger partial charge >= 0.3 is 0 Å². The van der Waals surface area contributed by atoms with Crippen molar-refractivity contribution in [2.24, 2.45) is 0 Å². The highest BCUT2D eigenvalue weighted by Gasteiger charge is 2.36. The van der Waals surface area contributed by atoms with Gasteiger partial charge in [0.15, 0.2) is 0 Å². The molecular weight excluding hydrogens is 388 g/mol. The van der Waals surface area contributed by atoms with Crippen molar-refractivity contribution in [2.75, 3.05) is 0 Å². The maximum atomic E-state index is 3.61. The van der Waals surface area contributed by atoms with Gasteiger partial charge in [-0.3, -0.25) is 0 Å². The molecule has 0 saturated carbocycles. The molecule has 0 saturated heterocycles. The Hall–Kier alpha value is -0.470. The summed E-state index contributed by atoms with van der Waals surface area (Å²) in [6.07, 6.45) is 8.35. The molecule has 1 aliphatic carbocycles. The molecule has 0 radical (unpaired) electrons. The van der Waals surface area contributed by atoms with Crippen LogP contribution >= 0.6 is 27.7 Å². The molecule has 25 heavy (non-hydrogen) atoms. The van der Waals surface area contributed by atoms with Crippen LogP contribution in [0.15, 0.2) is 33.7 Å². The molecule has 0 spiro atoms. The van der Waals surface area contributed by atoms with Crippen molar-refractivity contribution in [1.82, 2.24) is 0 Å². The van der Waals surface area contributed by atoms with Crippen molar-refractivity contribution in [3.63, 3.8) is 0 Å². The Morgan fingerprint density at radius 1 is 1.08 bits per heavy atom. The first-order valence-corrected chi connectivity index (χ1v) is 11.2. The number of halogens is 1. The molecule has 0 nitrogen and oxygen atoms in total. The summed E-state index contributed by atoms with van der Waals surface area (Å²) in [5.41, 5.74) is 6.51. The molecule has 1 aromatic carbocycles. The van der Waals surface area contributed by atoms with Crippen LogP contribution < -0.4 is 0 Å². The van der Waals surface area contributed by atoms with E-state index in [0.717, 1.165) is 6.42 Å². The molecule has 2 heteroatoms. The quantitative estimate of drug-likeness (QED) is 0.464. The van der Waals surface area contributed by atoms with E-state index in [0.29, 0.717) is 10.7 Å². The fourth-order valence-corrected chi connectivity index (χ4v) is 5.54. The molecule has 3 rings (SSSR count). The average molecular weight is 421 g/mol. The van der Waals surface area contributed by atoms with Gasteiger partial charge in [-0.15, -0.1) is 11.8 Å². The molecule has 0 bridgehead atoms. The van der Waals surface area contributed by atoms with E-state index in [9.17, 15) is 0 Å². The third-order valence-electron chi connectivity index (χ3n) is 5.53. The summed E-state index contributed by atoms with van der Waals surface area (Å²) < 4.78 is 1.28. The van der Waals surface area contributed by atoms with E-state index in [4.69, 9.17) is 0 Å². The Kier molecular flexibility index (Phi) is 6.71. The van der Waals surface area contributed by atoms with Gasteiger partial charge in [0.1, 0.15) is 0 Å². The SMILES string of the molecule is C/C(=C/c1ccc2c(c1)C(C)(C)CCC2(C)C)C1CC=C(Br)S1.CC. The van der Waals surface area contributed by atoms with Crippen molar-refractivity contribution in [1.29, 1.82) is 0 Å². The highest BCUT2D eigenvalue weighted by Crippen LogP contribution is 2.46. The smallest absolute Gasteiger partial charge is 0.0469 e. The van der Waals surface area contributed by atoms with Crippen LogP contribution in [-0.4, -0.2) is 5.25 Å².